The second-order valence-electron chi connectivity index (χ2n) is 4.32. The highest BCUT2D eigenvalue weighted by Gasteiger charge is 2.09. The predicted molar refractivity (Wildman–Crippen MR) is 70.6 cm³/mol. The summed E-state index contributed by atoms with van der Waals surface area (Å²) in [5.41, 5.74) is 4.10. The van der Waals surface area contributed by atoms with Crippen LogP contribution in [-0.2, 0) is 0 Å². The van der Waals surface area contributed by atoms with E-state index in [1.54, 1.807) is 6.07 Å². The van der Waals surface area contributed by atoms with Crippen molar-refractivity contribution in [3.8, 4) is 0 Å². The van der Waals surface area contributed by atoms with E-state index in [0.29, 0.717) is 5.69 Å². The Morgan fingerprint density at radius 3 is 2.61 bits per heavy atom. The van der Waals surface area contributed by atoms with Crippen molar-refractivity contribution in [2.75, 3.05) is 5.32 Å². The molecule has 0 radical (unpaired) electrons. The highest BCUT2D eigenvalue weighted by molar-refractivity contribution is 6.03. The molecule has 1 amide bonds. The van der Waals surface area contributed by atoms with Crippen molar-refractivity contribution >= 4 is 11.6 Å². The molecule has 1 aromatic heterocycles. The van der Waals surface area contributed by atoms with Crippen LogP contribution in [0.3, 0.4) is 0 Å². The predicted octanol–water partition coefficient (Wildman–Crippen LogP) is 2.65. The van der Waals surface area contributed by atoms with Gasteiger partial charge in [0.15, 0.2) is 0 Å². The van der Waals surface area contributed by atoms with Gasteiger partial charge in [-0.3, -0.25) is 4.79 Å². The minimum Gasteiger partial charge on any atom is -0.320 e. The van der Waals surface area contributed by atoms with Gasteiger partial charge < -0.3 is 5.32 Å². The van der Waals surface area contributed by atoms with Gasteiger partial charge in [0.25, 0.3) is 5.91 Å². The third-order valence-electron chi connectivity index (χ3n) is 2.68. The first-order valence-electron chi connectivity index (χ1n) is 5.73. The zero-order valence-electron chi connectivity index (χ0n) is 10.7. The highest BCUT2D eigenvalue weighted by Crippen LogP contribution is 2.17. The number of anilines is 1. The lowest BCUT2D eigenvalue weighted by Crippen LogP contribution is -2.15. The fourth-order valence-corrected chi connectivity index (χ4v) is 1.64. The molecule has 4 nitrogen and oxygen atoms in total. The van der Waals surface area contributed by atoms with Crippen LogP contribution in [0, 0.1) is 20.8 Å². The standard InChI is InChI=1S/C14H15N3O/c1-9-4-5-10(2)12(6-9)17-14(18)13-7-11(3)15-8-16-13/h4-8H,1-3H3,(H,17,18). The molecule has 1 N–H and O–H groups in total. The number of amides is 1. The molecule has 1 heterocycles. The molecule has 2 rings (SSSR count). The van der Waals surface area contributed by atoms with Crippen LogP contribution in [-0.4, -0.2) is 15.9 Å². The molecule has 1 aromatic carbocycles. The number of carbonyl (C=O) groups excluding carboxylic acids is 1. The van der Waals surface area contributed by atoms with E-state index in [1.165, 1.54) is 6.33 Å². The molecule has 18 heavy (non-hydrogen) atoms. The zero-order chi connectivity index (χ0) is 13.1. The van der Waals surface area contributed by atoms with Gasteiger partial charge in [0.2, 0.25) is 0 Å². The van der Waals surface area contributed by atoms with E-state index in [9.17, 15) is 4.79 Å². The molecule has 0 bridgehead atoms. The lowest BCUT2D eigenvalue weighted by atomic mass is 10.1. The lowest BCUT2D eigenvalue weighted by Gasteiger charge is -2.09. The van der Waals surface area contributed by atoms with Crippen LogP contribution in [0.1, 0.15) is 27.3 Å². The maximum Gasteiger partial charge on any atom is 0.274 e. The van der Waals surface area contributed by atoms with Gasteiger partial charge in [-0.25, -0.2) is 9.97 Å². The van der Waals surface area contributed by atoms with Gasteiger partial charge in [-0.05, 0) is 44.0 Å². The normalized spacial score (nSPS) is 10.2. The van der Waals surface area contributed by atoms with Crippen molar-refractivity contribution in [1.82, 2.24) is 9.97 Å². The molecule has 0 spiro atoms. The second kappa shape index (κ2) is 4.96. The Morgan fingerprint density at radius 2 is 1.89 bits per heavy atom. The molecule has 2 aromatic rings. The molecule has 0 aliphatic heterocycles. The Labute approximate surface area is 106 Å². The molecule has 0 aliphatic carbocycles. The molecule has 4 heteroatoms. The number of nitrogens with zero attached hydrogens (tertiary/aromatic N) is 2. The monoisotopic (exact) mass is 241 g/mol. The largest absolute Gasteiger partial charge is 0.320 e. The average Bonchev–Trinajstić information content (AvgIpc) is 2.34. The molecule has 0 fully saturated rings. The summed E-state index contributed by atoms with van der Waals surface area (Å²) in [6.45, 7) is 5.78. The lowest BCUT2D eigenvalue weighted by molar-refractivity contribution is 0.102. The molecule has 0 saturated carbocycles. The van der Waals surface area contributed by atoms with Crippen LogP contribution in [0.5, 0.6) is 0 Å². The number of aromatic nitrogens is 2. The Morgan fingerprint density at radius 1 is 1.11 bits per heavy atom. The molecular formula is C14H15N3O. The summed E-state index contributed by atoms with van der Waals surface area (Å²) in [5, 5.41) is 2.87. The number of hydrogen-bond acceptors (Lipinski definition) is 3. The summed E-state index contributed by atoms with van der Waals surface area (Å²) >= 11 is 0. The van der Waals surface area contributed by atoms with E-state index in [4.69, 9.17) is 0 Å². The summed E-state index contributed by atoms with van der Waals surface area (Å²) in [6, 6.07) is 7.61. The van der Waals surface area contributed by atoms with Crippen LogP contribution in [0.4, 0.5) is 5.69 Å². The van der Waals surface area contributed by atoms with E-state index < -0.39 is 0 Å². The molecule has 92 valence electrons. The van der Waals surface area contributed by atoms with Crippen molar-refractivity contribution in [3.63, 3.8) is 0 Å². The molecule has 0 aliphatic rings. The number of rotatable bonds is 2. The fourth-order valence-electron chi connectivity index (χ4n) is 1.64. The summed E-state index contributed by atoms with van der Waals surface area (Å²) < 4.78 is 0. The van der Waals surface area contributed by atoms with Crippen molar-refractivity contribution < 1.29 is 4.79 Å². The van der Waals surface area contributed by atoms with Gasteiger partial charge in [0, 0.05) is 11.4 Å². The first kappa shape index (κ1) is 12.2. The van der Waals surface area contributed by atoms with Crippen LogP contribution in [0.25, 0.3) is 0 Å². The van der Waals surface area contributed by atoms with Crippen molar-refractivity contribution in [1.29, 1.82) is 0 Å². The summed E-state index contributed by atoms with van der Waals surface area (Å²) in [5.74, 6) is -0.214. The fraction of sp³-hybridized carbons (Fsp3) is 0.214. The minimum atomic E-state index is -0.214. The van der Waals surface area contributed by atoms with E-state index in [-0.39, 0.29) is 5.91 Å². The van der Waals surface area contributed by atoms with Crippen molar-refractivity contribution in [3.05, 3.63) is 53.1 Å². The Kier molecular flexibility index (Phi) is 3.37. The molecular weight excluding hydrogens is 226 g/mol. The van der Waals surface area contributed by atoms with Crippen LogP contribution < -0.4 is 5.32 Å². The number of aryl methyl sites for hydroxylation is 3. The molecule has 0 atom stereocenters. The van der Waals surface area contributed by atoms with Gasteiger partial charge in [-0.15, -0.1) is 0 Å². The van der Waals surface area contributed by atoms with Gasteiger partial charge in [0.1, 0.15) is 12.0 Å². The quantitative estimate of drug-likeness (QED) is 0.879. The summed E-state index contributed by atoms with van der Waals surface area (Å²) in [7, 11) is 0. The van der Waals surface area contributed by atoms with E-state index in [2.05, 4.69) is 15.3 Å². The topological polar surface area (TPSA) is 54.9 Å². The third kappa shape index (κ3) is 2.71. The van der Waals surface area contributed by atoms with Gasteiger partial charge in [-0.1, -0.05) is 12.1 Å². The SMILES string of the molecule is Cc1ccc(C)c(NC(=O)c2cc(C)ncn2)c1. The second-order valence-corrected chi connectivity index (χ2v) is 4.32. The maximum absolute atomic E-state index is 12.0. The van der Waals surface area contributed by atoms with Crippen molar-refractivity contribution in [2.45, 2.75) is 20.8 Å². The third-order valence-corrected chi connectivity index (χ3v) is 2.68. The zero-order valence-corrected chi connectivity index (χ0v) is 10.7. The van der Waals surface area contributed by atoms with Gasteiger partial charge in [-0.2, -0.15) is 0 Å². The highest BCUT2D eigenvalue weighted by atomic mass is 16.1. The maximum atomic E-state index is 12.0. The summed E-state index contributed by atoms with van der Waals surface area (Å²) in [4.78, 5) is 20.0. The van der Waals surface area contributed by atoms with Gasteiger partial charge >= 0.3 is 0 Å². The van der Waals surface area contributed by atoms with Gasteiger partial charge in [0.05, 0.1) is 0 Å². The smallest absolute Gasteiger partial charge is 0.274 e. The minimum absolute atomic E-state index is 0.214. The Hall–Kier alpha value is -2.23. The van der Waals surface area contributed by atoms with E-state index >= 15 is 0 Å². The first-order valence-corrected chi connectivity index (χ1v) is 5.73. The molecule has 0 saturated heterocycles. The summed E-state index contributed by atoms with van der Waals surface area (Å²) in [6.07, 6.45) is 1.40. The number of carbonyl (C=O) groups is 1. The Bertz CT molecular complexity index is 593. The van der Waals surface area contributed by atoms with Crippen LogP contribution in [0.15, 0.2) is 30.6 Å². The molecule has 0 unspecified atom stereocenters. The number of nitrogens with one attached hydrogen (secondary N) is 1. The number of hydrogen-bond donors (Lipinski definition) is 1. The van der Waals surface area contributed by atoms with E-state index in [1.807, 2.05) is 39.0 Å². The van der Waals surface area contributed by atoms with Crippen LogP contribution in [0.2, 0.25) is 0 Å². The van der Waals surface area contributed by atoms with Crippen LogP contribution >= 0.6 is 0 Å². The van der Waals surface area contributed by atoms with E-state index in [0.717, 1.165) is 22.5 Å². The number of benzene rings is 1. The average molecular weight is 241 g/mol. The Balaban J connectivity index is 2.24. The first-order chi connectivity index (χ1) is 8.56. The van der Waals surface area contributed by atoms with Crippen molar-refractivity contribution in [2.24, 2.45) is 0 Å².